The summed E-state index contributed by atoms with van der Waals surface area (Å²) in [5, 5.41) is 3.31. The van der Waals surface area contributed by atoms with Gasteiger partial charge in [0.25, 0.3) is 5.91 Å². The molecule has 1 aromatic heterocycles. The zero-order valence-corrected chi connectivity index (χ0v) is 10.7. The lowest BCUT2D eigenvalue weighted by molar-refractivity contribution is 0.0703. The van der Waals surface area contributed by atoms with E-state index in [0.29, 0.717) is 11.7 Å². The number of piperazine rings is 1. The average Bonchev–Trinajstić information content (AvgIpc) is 2.29. The van der Waals surface area contributed by atoms with Crippen LogP contribution >= 0.6 is 15.9 Å². The van der Waals surface area contributed by atoms with Crippen LogP contribution in [0.15, 0.2) is 22.8 Å². The van der Waals surface area contributed by atoms with E-state index >= 15 is 0 Å². The molecule has 1 aromatic rings. The monoisotopic (exact) mass is 283 g/mol. The molecule has 0 saturated carbocycles. The quantitative estimate of drug-likeness (QED) is 0.845. The first-order valence-corrected chi connectivity index (χ1v) is 6.10. The number of amides is 1. The van der Waals surface area contributed by atoms with Crippen LogP contribution in [0.3, 0.4) is 0 Å². The summed E-state index contributed by atoms with van der Waals surface area (Å²) in [7, 11) is 0. The van der Waals surface area contributed by atoms with Crippen molar-refractivity contribution in [1.82, 2.24) is 15.2 Å². The van der Waals surface area contributed by atoms with Gasteiger partial charge in [-0.3, -0.25) is 4.79 Å². The van der Waals surface area contributed by atoms with E-state index in [1.165, 1.54) is 0 Å². The molecule has 1 atom stereocenters. The van der Waals surface area contributed by atoms with Crippen LogP contribution in [0.4, 0.5) is 0 Å². The lowest BCUT2D eigenvalue weighted by Crippen LogP contribution is -2.51. The van der Waals surface area contributed by atoms with Gasteiger partial charge < -0.3 is 10.2 Å². The lowest BCUT2D eigenvalue weighted by Gasteiger charge is -2.31. The number of hydrogen-bond donors (Lipinski definition) is 1. The van der Waals surface area contributed by atoms with Crippen LogP contribution in [0.25, 0.3) is 0 Å². The minimum atomic E-state index is 0.0147. The first-order valence-electron chi connectivity index (χ1n) is 5.31. The van der Waals surface area contributed by atoms with E-state index in [2.05, 4.69) is 33.2 Å². The number of nitrogens with one attached hydrogen (secondary N) is 1. The van der Waals surface area contributed by atoms with E-state index in [9.17, 15) is 4.79 Å². The van der Waals surface area contributed by atoms with Crippen molar-refractivity contribution >= 4 is 21.8 Å². The first-order chi connectivity index (χ1) is 7.66. The number of aromatic nitrogens is 1. The largest absolute Gasteiger partial charge is 0.334 e. The van der Waals surface area contributed by atoms with E-state index in [1.807, 2.05) is 11.0 Å². The molecule has 2 heterocycles. The van der Waals surface area contributed by atoms with Gasteiger partial charge in [0.2, 0.25) is 0 Å². The lowest BCUT2D eigenvalue weighted by atomic mass is 10.2. The maximum atomic E-state index is 12.1. The molecule has 4 nitrogen and oxygen atoms in total. The Bertz CT molecular complexity index is 379. The third-order valence-corrected chi connectivity index (χ3v) is 3.07. The van der Waals surface area contributed by atoms with Crippen LogP contribution in [0.2, 0.25) is 0 Å². The summed E-state index contributed by atoms with van der Waals surface area (Å²) in [6, 6.07) is 3.94. The predicted octanol–water partition coefficient (Wildman–Crippen LogP) is 1.28. The molecule has 1 fully saturated rings. The van der Waals surface area contributed by atoms with Crippen LogP contribution in [-0.2, 0) is 0 Å². The summed E-state index contributed by atoms with van der Waals surface area (Å²) >= 11 is 3.30. The summed E-state index contributed by atoms with van der Waals surface area (Å²) in [6.07, 6.45) is 1.65. The fourth-order valence-corrected chi connectivity index (χ4v) is 2.02. The molecule has 16 heavy (non-hydrogen) atoms. The zero-order valence-electron chi connectivity index (χ0n) is 9.11. The molecule has 0 bridgehead atoms. The molecular formula is C11H14BrN3O. The van der Waals surface area contributed by atoms with Crippen molar-refractivity contribution in [3.63, 3.8) is 0 Å². The number of halogens is 1. The predicted molar refractivity (Wildman–Crippen MR) is 65.3 cm³/mol. The number of pyridine rings is 1. The molecule has 0 aliphatic carbocycles. The highest BCUT2D eigenvalue weighted by Gasteiger charge is 2.22. The molecule has 1 N–H and O–H groups in total. The highest BCUT2D eigenvalue weighted by atomic mass is 79.9. The van der Waals surface area contributed by atoms with Gasteiger partial charge in [-0.2, -0.15) is 0 Å². The molecular weight excluding hydrogens is 270 g/mol. The van der Waals surface area contributed by atoms with Crippen molar-refractivity contribution in [1.29, 1.82) is 0 Å². The van der Waals surface area contributed by atoms with Gasteiger partial charge in [0.1, 0.15) is 5.69 Å². The molecule has 1 amide bonds. The fourth-order valence-electron chi connectivity index (χ4n) is 1.78. The molecule has 0 aromatic carbocycles. The Morgan fingerprint density at radius 1 is 1.62 bits per heavy atom. The molecule has 1 unspecified atom stereocenters. The van der Waals surface area contributed by atoms with Crippen LogP contribution in [-0.4, -0.2) is 41.5 Å². The third-order valence-electron chi connectivity index (χ3n) is 2.60. The van der Waals surface area contributed by atoms with Crippen molar-refractivity contribution in [2.24, 2.45) is 0 Å². The smallest absolute Gasteiger partial charge is 0.272 e. The summed E-state index contributed by atoms with van der Waals surface area (Å²) in [5.74, 6) is 0.0147. The van der Waals surface area contributed by atoms with E-state index < -0.39 is 0 Å². The van der Waals surface area contributed by atoms with Gasteiger partial charge in [-0.05, 0) is 35.0 Å². The summed E-state index contributed by atoms with van der Waals surface area (Å²) < 4.78 is 0.887. The van der Waals surface area contributed by atoms with Gasteiger partial charge >= 0.3 is 0 Å². The standard InChI is InChI=1S/C11H14BrN3O/c1-8-7-15(5-4-13-8)11(16)10-3-2-9(12)6-14-10/h2-3,6,8,13H,4-5,7H2,1H3. The Morgan fingerprint density at radius 2 is 2.44 bits per heavy atom. The number of carbonyl (C=O) groups is 1. The second kappa shape index (κ2) is 4.93. The summed E-state index contributed by atoms with van der Waals surface area (Å²) in [6.45, 7) is 4.43. The molecule has 2 rings (SSSR count). The number of nitrogens with zero attached hydrogens (tertiary/aromatic N) is 2. The third kappa shape index (κ3) is 2.59. The Kier molecular flexibility index (Phi) is 3.56. The number of rotatable bonds is 1. The normalized spacial score (nSPS) is 20.9. The van der Waals surface area contributed by atoms with Gasteiger partial charge in [0.05, 0.1) is 0 Å². The molecule has 86 valence electrons. The average molecular weight is 284 g/mol. The number of hydrogen-bond acceptors (Lipinski definition) is 3. The molecule has 1 saturated heterocycles. The van der Waals surface area contributed by atoms with Crippen molar-refractivity contribution in [3.8, 4) is 0 Å². The molecule has 0 radical (unpaired) electrons. The maximum absolute atomic E-state index is 12.1. The Labute approximate surface area is 103 Å². The van der Waals surface area contributed by atoms with Crippen molar-refractivity contribution in [2.75, 3.05) is 19.6 Å². The second-order valence-corrected chi connectivity index (χ2v) is 4.88. The molecule has 1 aliphatic heterocycles. The Morgan fingerprint density at radius 3 is 3.06 bits per heavy atom. The molecule has 5 heteroatoms. The second-order valence-electron chi connectivity index (χ2n) is 3.97. The summed E-state index contributed by atoms with van der Waals surface area (Å²) in [4.78, 5) is 18.0. The Balaban J connectivity index is 2.09. The highest BCUT2D eigenvalue weighted by Crippen LogP contribution is 2.10. The van der Waals surface area contributed by atoms with Gasteiger partial charge in [0, 0.05) is 36.3 Å². The van der Waals surface area contributed by atoms with Crippen molar-refractivity contribution in [3.05, 3.63) is 28.5 Å². The van der Waals surface area contributed by atoms with Gasteiger partial charge in [-0.1, -0.05) is 0 Å². The van der Waals surface area contributed by atoms with Crippen LogP contribution in [0.1, 0.15) is 17.4 Å². The van der Waals surface area contributed by atoms with Crippen LogP contribution < -0.4 is 5.32 Å². The number of carbonyl (C=O) groups excluding carboxylic acids is 1. The van der Waals surface area contributed by atoms with Gasteiger partial charge in [-0.15, -0.1) is 0 Å². The van der Waals surface area contributed by atoms with E-state index in [4.69, 9.17) is 0 Å². The molecule has 1 aliphatic rings. The fraction of sp³-hybridized carbons (Fsp3) is 0.455. The highest BCUT2D eigenvalue weighted by molar-refractivity contribution is 9.10. The topological polar surface area (TPSA) is 45.2 Å². The Hall–Kier alpha value is -0.940. The van der Waals surface area contributed by atoms with E-state index in [1.54, 1.807) is 12.3 Å². The van der Waals surface area contributed by atoms with E-state index in [0.717, 1.165) is 24.1 Å². The van der Waals surface area contributed by atoms with Crippen LogP contribution in [0.5, 0.6) is 0 Å². The van der Waals surface area contributed by atoms with Gasteiger partial charge in [-0.25, -0.2) is 4.98 Å². The van der Waals surface area contributed by atoms with Gasteiger partial charge in [0.15, 0.2) is 0 Å². The first kappa shape index (κ1) is 11.5. The minimum absolute atomic E-state index is 0.0147. The van der Waals surface area contributed by atoms with E-state index in [-0.39, 0.29) is 5.91 Å². The maximum Gasteiger partial charge on any atom is 0.272 e. The van der Waals surface area contributed by atoms with Crippen molar-refractivity contribution < 1.29 is 4.79 Å². The van der Waals surface area contributed by atoms with Crippen LogP contribution in [0, 0.1) is 0 Å². The van der Waals surface area contributed by atoms with Crippen molar-refractivity contribution in [2.45, 2.75) is 13.0 Å². The molecule has 0 spiro atoms. The zero-order chi connectivity index (χ0) is 11.5. The summed E-state index contributed by atoms with van der Waals surface area (Å²) in [5.41, 5.74) is 0.511. The minimum Gasteiger partial charge on any atom is -0.334 e. The SMILES string of the molecule is CC1CN(C(=O)c2ccc(Br)cn2)CCN1.